The Hall–Kier alpha value is -7.46. The Bertz CT molecular complexity index is 3050. The number of benzene rings is 8. The smallest absolute Gasteiger partial charge is 0.193 e. The molecule has 1 N–H and O–H groups in total. The van der Waals surface area contributed by atoms with E-state index >= 15 is 0 Å². The fraction of sp³-hybridized carbons (Fsp3) is 0.0847. The Balaban J connectivity index is 1.23. The van der Waals surface area contributed by atoms with Gasteiger partial charge in [0.1, 0.15) is 5.60 Å². The molecule has 0 radical (unpaired) electrons. The molecule has 1 unspecified atom stereocenters. The van der Waals surface area contributed by atoms with E-state index in [0.29, 0.717) is 33.7 Å². The van der Waals surface area contributed by atoms with Crippen molar-refractivity contribution in [3.05, 3.63) is 280 Å². The van der Waals surface area contributed by atoms with Gasteiger partial charge in [-0.05, 0) is 90.9 Å². The van der Waals surface area contributed by atoms with Gasteiger partial charge in [-0.15, -0.1) is 0 Å². The monoisotopic (exact) mass is 799 g/mol. The molecule has 0 fully saturated rings. The number of nitrogens with zero attached hydrogens (tertiary/aromatic N) is 1. The number of aliphatic hydroxyl groups is 1. The van der Waals surface area contributed by atoms with Gasteiger partial charge in [-0.25, -0.2) is 0 Å². The van der Waals surface area contributed by atoms with E-state index in [1.54, 1.807) is 0 Å². The quantitative estimate of drug-likeness (QED) is 0.111. The molecule has 8 aromatic carbocycles. The maximum atomic E-state index is 14.7. The first-order valence-electron chi connectivity index (χ1n) is 21.3. The Morgan fingerprint density at radius 3 is 1.71 bits per heavy atom. The minimum absolute atomic E-state index is 0.118. The lowest BCUT2D eigenvalue weighted by Gasteiger charge is -2.36. The zero-order chi connectivity index (χ0) is 42.3. The number of pyridine rings is 1. The second-order valence-electron chi connectivity index (χ2n) is 16.5. The Kier molecular flexibility index (Phi) is 9.90. The molecule has 0 aliphatic heterocycles. The van der Waals surface area contributed by atoms with Crippen LogP contribution in [0.3, 0.4) is 0 Å². The van der Waals surface area contributed by atoms with Gasteiger partial charge < -0.3 is 5.11 Å². The highest BCUT2D eigenvalue weighted by molar-refractivity contribution is 6.13. The molecule has 1 aliphatic carbocycles. The molecule has 0 spiro atoms. The lowest BCUT2D eigenvalue weighted by molar-refractivity contribution is 0.103. The molecule has 3 nitrogen and oxygen atoms in total. The average molecular weight is 800 g/mol. The van der Waals surface area contributed by atoms with Gasteiger partial charge in [0.05, 0.1) is 11.1 Å². The predicted molar refractivity (Wildman–Crippen MR) is 251 cm³/mol. The van der Waals surface area contributed by atoms with Crippen molar-refractivity contribution in [3.8, 4) is 33.4 Å². The van der Waals surface area contributed by atoms with E-state index in [-0.39, 0.29) is 5.78 Å². The first-order valence-corrected chi connectivity index (χ1v) is 21.3. The molecule has 1 heterocycles. The summed E-state index contributed by atoms with van der Waals surface area (Å²) in [5.74, 6) is 0.175. The Labute approximate surface area is 363 Å². The fourth-order valence-electron chi connectivity index (χ4n) is 9.70. The van der Waals surface area contributed by atoms with Crippen LogP contribution in [0.5, 0.6) is 0 Å². The number of rotatable bonds is 10. The molecular formula is C59H45NO2. The van der Waals surface area contributed by atoms with Gasteiger partial charge >= 0.3 is 0 Å². The molecule has 62 heavy (non-hydrogen) atoms. The van der Waals surface area contributed by atoms with Gasteiger partial charge in [0.15, 0.2) is 5.78 Å². The fourth-order valence-corrected chi connectivity index (χ4v) is 9.70. The molecule has 0 saturated heterocycles. The number of hydrogen-bond acceptors (Lipinski definition) is 3. The number of hydrogen-bond donors (Lipinski definition) is 1. The Morgan fingerprint density at radius 1 is 0.516 bits per heavy atom. The third-order valence-electron chi connectivity index (χ3n) is 12.7. The van der Waals surface area contributed by atoms with Crippen molar-refractivity contribution in [2.24, 2.45) is 0 Å². The van der Waals surface area contributed by atoms with Crippen molar-refractivity contribution in [1.82, 2.24) is 4.98 Å². The van der Waals surface area contributed by atoms with E-state index in [9.17, 15) is 9.90 Å². The maximum absolute atomic E-state index is 14.7. The van der Waals surface area contributed by atoms with Crippen LogP contribution in [0.1, 0.15) is 80.3 Å². The molecule has 1 atom stereocenters. The SMILES string of the molecule is CC(C)c1ccnc(C2(c3cccc(C(O)(c4cccc(C(=O)c5ccccc5-c5ccccc5)c4)c4ccccc4-c4ccccc4)c3)c3ccccc3-c3ccccc32)c1. The molecule has 9 aromatic rings. The lowest BCUT2D eigenvalue weighted by atomic mass is 9.68. The summed E-state index contributed by atoms with van der Waals surface area (Å²) in [5, 5.41) is 14.1. The zero-order valence-electron chi connectivity index (χ0n) is 34.7. The van der Waals surface area contributed by atoms with Crippen molar-refractivity contribution in [2.45, 2.75) is 30.8 Å². The molecule has 0 bridgehead atoms. The highest BCUT2D eigenvalue weighted by atomic mass is 16.3. The van der Waals surface area contributed by atoms with Crippen molar-refractivity contribution in [2.75, 3.05) is 0 Å². The van der Waals surface area contributed by atoms with Crippen LogP contribution in [0.15, 0.2) is 225 Å². The molecular weight excluding hydrogens is 755 g/mol. The zero-order valence-corrected chi connectivity index (χ0v) is 34.7. The van der Waals surface area contributed by atoms with E-state index in [1.807, 2.05) is 128 Å². The van der Waals surface area contributed by atoms with Crippen LogP contribution < -0.4 is 0 Å². The van der Waals surface area contributed by atoms with E-state index in [4.69, 9.17) is 4.98 Å². The summed E-state index contributed by atoms with van der Waals surface area (Å²) in [4.78, 5) is 19.9. The first kappa shape index (κ1) is 38.7. The van der Waals surface area contributed by atoms with Crippen LogP contribution in [0.25, 0.3) is 33.4 Å². The molecule has 3 heteroatoms. The van der Waals surface area contributed by atoms with Gasteiger partial charge in [0.2, 0.25) is 0 Å². The van der Waals surface area contributed by atoms with Crippen LogP contribution in [-0.2, 0) is 11.0 Å². The third-order valence-corrected chi connectivity index (χ3v) is 12.7. The summed E-state index contributed by atoms with van der Waals surface area (Å²) in [6.07, 6.45) is 1.94. The molecule has 1 aromatic heterocycles. The summed E-state index contributed by atoms with van der Waals surface area (Å²) in [5.41, 5.74) is 12.0. The second-order valence-corrected chi connectivity index (χ2v) is 16.5. The van der Waals surface area contributed by atoms with Crippen LogP contribution >= 0.6 is 0 Å². The van der Waals surface area contributed by atoms with E-state index in [1.165, 1.54) is 5.56 Å². The van der Waals surface area contributed by atoms with Gasteiger partial charge in [-0.3, -0.25) is 9.78 Å². The van der Waals surface area contributed by atoms with E-state index in [0.717, 1.165) is 55.8 Å². The van der Waals surface area contributed by atoms with Crippen LogP contribution in [0.2, 0.25) is 0 Å². The summed E-state index contributed by atoms with van der Waals surface area (Å²) >= 11 is 0. The largest absolute Gasteiger partial charge is 0.376 e. The summed E-state index contributed by atoms with van der Waals surface area (Å²) < 4.78 is 0. The number of fused-ring (bicyclic) bond motifs is 3. The summed E-state index contributed by atoms with van der Waals surface area (Å²) in [6, 6.07) is 73.6. The van der Waals surface area contributed by atoms with Crippen molar-refractivity contribution >= 4 is 5.78 Å². The predicted octanol–water partition coefficient (Wildman–Crippen LogP) is 13.4. The van der Waals surface area contributed by atoms with Crippen LogP contribution in [-0.4, -0.2) is 15.9 Å². The van der Waals surface area contributed by atoms with E-state index in [2.05, 4.69) is 111 Å². The molecule has 0 saturated carbocycles. The minimum atomic E-state index is -1.72. The molecule has 10 rings (SSSR count). The van der Waals surface area contributed by atoms with Crippen molar-refractivity contribution in [1.29, 1.82) is 0 Å². The standard InChI is InChI=1S/C59H45NO2/c1-40(2)43-35-36-60-56(38-43)58(53-32-14-12-29-50(53)51-30-13-15-33-54(51)58)45-24-18-26-47(39-45)59(62,55-34-16-11-28-49(55)42-21-7-4-8-22-42)46-25-17-23-44(37-46)57(61)52-31-10-9-27-48(52)41-19-5-3-6-20-41/h3-40,62H,1-2H3. The van der Waals surface area contributed by atoms with E-state index < -0.39 is 11.0 Å². The molecule has 1 aliphatic rings. The molecule has 298 valence electrons. The van der Waals surface area contributed by atoms with Gasteiger partial charge in [0, 0.05) is 22.9 Å². The van der Waals surface area contributed by atoms with Gasteiger partial charge in [0.25, 0.3) is 0 Å². The highest BCUT2D eigenvalue weighted by Crippen LogP contribution is 2.56. The van der Waals surface area contributed by atoms with Crippen molar-refractivity contribution in [3.63, 3.8) is 0 Å². The third kappa shape index (κ3) is 6.33. The highest BCUT2D eigenvalue weighted by Gasteiger charge is 2.48. The molecule has 0 amide bonds. The number of aromatic nitrogens is 1. The number of carbonyl (C=O) groups is 1. The topological polar surface area (TPSA) is 50.2 Å². The first-order chi connectivity index (χ1) is 30.4. The number of ketones is 1. The Morgan fingerprint density at radius 2 is 1.05 bits per heavy atom. The normalized spacial score (nSPS) is 13.5. The summed E-state index contributed by atoms with van der Waals surface area (Å²) in [7, 11) is 0. The lowest BCUT2D eigenvalue weighted by Crippen LogP contribution is -2.33. The van der Waals surface area contributed by atoms with Crippen LogP contribution in [0.4, 0.5) is 0 Å². The van der Waals surface area contributed by atoms with Crippen LogP contribution in [0, 0.1) is 0 Å². The average Bonchev–Trinajstić information content (AvgIpc) is 3.65. The van der Waals surface area contributed by atoms with Gasteiger partial charge in [-0.1, -0.05) is 214 Å². The van der Waals surface area contributed by atoms with Crippen molar-refractivity contribution < 1.29 is 9.90 Å². The minimum Gasteiger partial charge on any atom is -0.376 e. The second kappa shape index (κ2) is 15.9. The summed E-state index contributed by atoms with van der Waals surface area (Å²) in [6.45, 7) is 4.43. The maximum Gasteiger partial charge on any atom is 0.193 e. The van der Waals surface area contributed by atoms with Gasteiger partial charge in [-0.2, -0.15) is 0 Å². The number of carbonyl (C=O) groups excluding carboxylic acids is 1.